The van der Waals surface area contributed by atoms with E-state index in [1.807, 2.05) is 19.0 Å². The van der Waals surface area contributed by atoms with Crippen molar-refractivity contribution in [1.82, 2.24) is 4.90 Å². The zero-order valence-corrected chi connectivity index (χ0v) is 8.02. The molecule has 64 valence electrons. The van der Waals surface area contributed by atoms with E-state index in [2.05, 4.69) is 19.9 Å². The highest BCUT2D eigenvalue weighted by molar-refractivity contribution is 5.05. The standard InChI is InChI=1S/C9H18N2/c1-5-7-9(6-2,8-10)11(3)4/h5-7H2,1-4H3. The van der Waals surface area contributed by atoms with Crippen LogP contribution >= 0.6 is 0 Å². The van der Waals surface area contributed by atoms with E-state index in [9.17, 15) is 0 Å². The van der Waals surface area contributed by atoms with Crippen LogP contribution in [0.3, 0.4) is 0 Å². The summed E-state index contributed by atoms with van der Waals surface area (Å²) in [5.74, 6) is 0. The topological polar surface area (TPSA) is 27.0 Å². The lowest BCUT2D eigenvalue weighted by Gasteiger charge is -2.32. The Morgan fingerprint density at radius 2 is 1.91 bits per heavy atom. The Morgan fingerprint density at radius 1 is 1.36 bits per heavy atom. The summed E-state index contributed by atoms with van der Waals surface area (Å²) in [6.07, 6.45) is 2.94. The highest BCUT2D eigenvalue weighted by atomic mass is 15.1. The van der Waals surface area contributed by atoms with Gasteiger partial charge < -0.3 is 0 Å². The minimum Gasteiger partial charge on any atom is -0.292 e. The fourth-order valence-corrected chi connectivity index (χ4v) is 1.37. The van der Waals surface area contributed by atoms with Crippen LogP contribution in [0.4, 0.5) is 0 Å². The molecule has 1 unspecified atom stereocenters. The van der Waals surface area contributed by atoms with E-state index in [-0.39, 0.29) is 5.54 Å². The van der Waals surface area contributed by atoms with E-state index in [1.54, 1.807) is 0 Å². The van der Waals surface area contributed by atoms with Gasteiger partial charge in [0.2, 0.25) is 0 Å². The third-order valence-corrected chi connectivity index (χ3v) is 2.31. The highest BCUT2D eigenvalue weighted by Gasteiger charge is 2.28. The first kappa shape index (κ1) is 10.4. The molecule has 0 aromatic heterocycles. The molecule has 0 saturated heterocycles. The van der Waals surface area contributed by atoms with E-state index in [1.165, 1.54) is 0 Å². The predicted octanol–water partition coefficient (Wildman–Crippen LogP) is 2.02. The Kier molecular flexibility index (Phi) is 4.14. The molecule has 2 heteroatoms. The van der Waals surface area contributed by atoms with E-state index < -0.39 is 0 Å². The third-order valence-electron chi connectivity index (χ3n) is 2.31. The average molecular weight is 154 g/mol. The SMILES string of the molecule is CCCC(C#N)(CC)N(C)C. The van der Waals surface area contributed by atoms with Crippen molar-refractivity contribution in [3.63, 3.8) is 0 Å². The Hall–Kier alpha value is -0.550. The lowest BCUT2D eigenvalue weighted by atomic mass is 9.91. The molecule has 0 heterocycles. The van der Waals surface area contributed by atoms with Crippen LogP contribution in [0.1, 0.15) is 33.1 Å². The van der Waals surface area contributed by atoms with Crippen molar-refractivity contribution < 1.29 is 0 Å². The van der Waals surface area contributed by atoms with Gasteiger partial charge in [0.15, 0.2) is 0 Å². The smallest absolute Gasteiger partial charge is 0.108 e. The lowest BCUT2D eigenvalue weighted by Crippen LogP contribution is -2.42. The minimum atomic E-state index is -0.227. The van der Waals surface area contributed by atoms with Crippen LogP contribution in [-0.2, 0) is 0 Å². The quantitative estimate of drug-likeness (QED) is 0.619. The van der Waals surface area contributed by atoms with Gasteiger partial charge in [-0.3, -0.25) is 4.90 Å². The summed E-state index contributed by atoms with van der Waals surface area (Å²) in [7, 11) is 3.95. The average Bonchev–Trinajstić information content (AvgIpc) is 2.00. The van der Waals surface area contributed by atoms with Gasteiger partial charge in [0, 0.05) is 0 Å². The van der Waals surface area contributed by atoms with Gasteiger partial charge in [0.05, 0.1) is 6.07 Å². The predicted molar refractivity (Wildman–Crippen MR) is 47.2 cm³/mol. The number of nitriles is 1. The van der Waals surface area contributed by atoms with Crippen molar-refractivity contribution in [2.24, 2.45) is 0 Å². The Bertz CT molecular complexity index is 146. The van der Waals surface area contributed by atoms with Gasteiger partial charge in [-0.1, -0.05) is 20.3 Å². The molecule has 0 N–H and O–H groups in total. The van der Waals surface area contributed by atoms with E-state index in [0.717, 1.165) is 19.3 Å². The van der Waals surface area contributed by atoms with Gasteiger partial charge in [-0.25, -0.2) is 0 Å². The number of hydrogen-bond donors (Lipinski definition) is 0. The second-order valence-corrected chi connectivity index (χ2v) is 3.14. The Balaban J connectivity index is 4.36. The molecule has 1 atom stereocenters. The largest absolute Gasteiger partial charge is 0.292 e. The molecule has 0 aliphatic rings. The molecule has 0 rings (SSSR count). The fraction of sp³-hybridized carbons (Fsp3) is 0.889. The maximum atomic E-state index is 8.99. The summed E-state index contributed by atoms with van der Waals surface area (Å²) in [6, 6.07) is 2.39. The molecule has 2 nitrogen and oxygen atoms in total. The van der Waals surface area contributed by atoms with Crippen LogP contribution in [0.15, 0.2) is 0 Å². The van der Waals surface area contributed by atoms with Crippen LogP contribution in [0, 0.1) is 11.3 Å². The normalized spacial score (nSPS) is 16.0. The second-order valence-electron chi connectivity index (χ2n) is 3.14. The molecular formula is C9H18N2. The van der Waals surface area contributed by atoms with Crippen LogP contribution in [0.25, 0.3) is 0 Å². The molecule has 0 amide bonds. The second kappa shape index (κ2) is 4.35. The third kappa shape index (κ3) is 2.20. The maximum Gasteiger partial charge on any atom is 0.108 e. The van der Waals surface area contributed by atoms with E-state index in [4.69, 9.17) is 5.26 Å². The molecule has 0 fully saturated rings. The first-order valence-electron chi connectivity index (χ1n) is 4.21. The first-order chi connectivity index (χ1) is 5.13. The van der Waals surface area contributed by atoms with Crippen molar-refractivity contribution in [2.45, 2.75) is 38.6 Å². The molecule has 0 radical (unpaired) electrons. The summed E-state index contributed by atoms with van der Waals surface area (Å²) in [5, 5.41) is 8.99. The van der Waals surface area contributed by atoms with Crippen molar-refractivity contribution in [2.75, 3.05) is 14.1 Å². The Morgan fingerprint density at radius 3 is 2.00 bits per heavy atom. The Labute approximate surface area is 69.8 Å². The maximum absolute atomic E-state index is 8.99. The number of hydrogen-bond acceptors (Lipinski definition) is 2. The summed E-state index contributed by atoms with van der Waals surface area (Å²) < 4.78 is 0. The molecular weight excluding hydrogens is 136 g/mol. The van der Waals surface area contributed by atoms with Crippen molar-refractivity contribution >= 4 is 0 Å². The van der Waals surface area contributed by atoms with E-state index >= 15 is 0 Å². The van der Waals surface area contributed by atoms with Crippen molar-refractivity contribution in [3.05, 3.63) is 0 Å². The van der Waals surface area contributed by atoms with Crippen LogP contribution in [0.2, 0.25) is 0 Å². The number of nitrogens with zero attached hydrogens (tertiary/aromatic N) is 2. The molecule has 0 bridgehead atoms. The monoisotopic (exact) mass is 154 g/mol. The van der Waals surface area contributed by atoms with Crippen LogP contribution in [-0.4, -0.2) is 24.5 Å². The van der Waals surface area contributed by atoms with Gasteiger partial charge in [-0.05, 0) is 26.9 Å². The van der Waals surface area contributed by atoms with Gasteiger partial charge >= 0.3 is 0 Å². The first-order valence-corrected chi connectivity index (χ1v) is 4.21. The highest BCUT2D eigenvalue weighted by Crippen LogP contribution is 2.21. The molecule has 0 saturated carbocycles. The van der Waals surface area contributed by atoms with Crippen molar-refractivity contribution in [1.29, 1.82) is 5.26 Å². The number of rotatable bonds is 4. The summed E-state index contributed by atoms with van der Waals surface area (Å²) in [5.41, 5.74) is -0.227. The van der Waals surface area contributed by atoms with E-state index in [0.29, 0.717) is 0 Å². The summed E-state index contributed by atoms with van der Waals surface area (Å²) in [4.78, 5) is 2.02. The molecule has 0 aromatic carbocycles. The minimum absolute atomic E-state index is 0.227. The van der Waals surface area contributed by atoms with Gasteiger partial charge in [0.1, 0.15) is 5.54 Å². The fourth-order valence-electron chi connectivity index (χ4n) is 1.37. The van der Waals surface area contributed by atoms with Crippen LogP contribution in [0.5, 0.6) is 0 Å². The van der Waals surface area contributed by atoms with Crippen LogP contribution < -0.4 is 0 Å². The summed E-state index contributed by atoms with van der Waals surface area (Å²) >= 11 is 0. The van der Waals surface area contributed by atoms with Gasteiger partial charge in [0.25, 0.3) is 0 Å². The van der Waals surface area contributed by atoms with Gasteiger partial charge in [-0.2, -0.15) is 5.26 Å². The zero-order chi connectivity index (χ0) is 8.91. The molecule has 0 aromatic rings. The zero-order valence-electron chi connectivity index (χ0n) is 8.02. The summed E-state index contributed by atoms with van der Waals surface area (Å²) in [6.45, 7) is 4.18. The lowest BCUT2D eigenvalue weighted by molar-refractivity contribution is 0.194. The molecule has 11 heavy (non-hydrogen) atoms. The molecule has 0 aliphatic heterocycles. The molecule has 0 spiro atoms. The molecule has 0 aliphatic carbocycles. The van der Waals surface area contributed by atoms with Crippen molar-refractivity contribution in [3.8, 4) is 6.07 Å². The van der Waals surface area contributed by atoms with Gasteiger partial charge in [-0.15, -0.1) is 0 Å².